The van der Waals surface area contributed by atoms with Crippen LogP contribution in [0.25, 0.3) is 0 Å². The number of amides is 2. The number of hydrogen-bond donors (Lipinski definition) is 2. The molecule has 6 heteroatoms. The number of fused-ring (bicyclic) bond motifs is 1. The van der Waals surface area contributed by atoms with Crippen LogP contribution in [-0.4, -0.2) is 24.5 Å². The van der Waals surface area contributed by atoms with Gasteiger partial charge in [0.2, 0.25) is 5.91 Å². The summed E-state index contributed by atoms with van der Waals surface area (Å²) >= 11 is 0. The number of carbonyl (C=O) groups excluding carboxylic acids is 2. The Morgan fingerprint density at radius 2 is 2.25 bits per heavy atom. The molecule has 1 atom stereocenters. The van der Waals surface area contributed by atoms with E-state index < -0.39 is 0 Å². The van der Waals surface area contributed by atoms with Gasteiger partial charge in [0.1, 0.15) is 11.5 Å². The molecule has 0 fully saturated rings. The van der Waals surface area contributed by atoms with Gasteiger partial charge >= 0.3 is 0 Å². The number of aryl methyl sites for hydroxylation is 1. The van der Waals surface area contributed by atoms with Gasteiger partial charge in [-0.05, 0) is 49.2 Å². The first-order valence-corrected chi connectivity index (χ1v) is 7.97. The molecule has 2 heterocycles. The van der Waals surface area contributed by atoms with Gasteiger partial charge in [-0.2, -0.15) is 0 Å². The summed E-state index contributed by atoms with van der Waals surface area (Å²) in [4.78, 5) is 23.3. The normalized spacial score (nSPS) is 14.5. The fourth-order valence-electron chi connectivity index (χ4n) is 2.70. The van der Waals surface area contributed by atoms with Crippen LogP contribution >= 0.6 is 0 Å². The number of furan rings is 1. The molecule has 2 amide bonds. The maximum absolute atomic E-state index is 12.0. The Balaban J connectivity index is 1.48. The van der Waals surface area contributed by atoms with Crippen molar-refractivity contribution >= 4 is 17.5 Å². The first kappa shape index (κ1) is 16.1. The van der Waals surface area contributed by atoms with E-state index >= 15 is 0 Å². The summed E-state index contributed by atoms with van der Waals surface area (Å²) in [6.07, 6.45) is 3.41. The highest BCUT2D eigenvalue weighted by Gasteiger charge is 2.15. The number of carbonyl (C=O) groups is 2. The zero-order valence-electron chi connectivity index (χ0n) is 13.5. The molecule has 1 aliphatic rings. The van der Waals surface area contributed by atoms with E-state index in [9.17, 15) is 9.59 Å². The van der Waals surface area contributed by atoms with Crippen molar-refractivity contribution in [3.05, 3.63) is 47.9 Å². The van der Waals surface area contributed by atoms with E-state index in [1.807, 2.05) is 25.1 Å². The second-order valence-electron chi connectivity index (χ2n) is 5.91. The predicted molar refractivity (Wildman–Crippen MR) is 88.9 cm³/mol. The minimum absolute atomic E-state index is 0.0288. The number of anilines is 1. The van der Waals surface area contributed by atoms with Crippen molar-refractivity contribution in [2.24, 2.45) is 0 Å². The number of rotatable bonds is 6. The number of nitrogens with one attached hydrogen (secondary N) is 2. The second-order valence-corrected chi connectivity index (χ2v) is 5.91. The molecule has 0 aliphatic carbocycles. The van der Waals surface area contributed by atoms with Crippen LogP contribution in [-0.2, 0) is 22.4 Å². The molecule has 0 saturated carbocycles. The van der Waals surface area contributed by atoms with E-state index in [0.29, 0.717) is 25.0 Å². The third-order valence-electron chi connectivity index (χ3n) is 3.84. The van der Waals surface area contributed by atoms with Gasteiger partial charge in [-0.25, -0.2) is 0 Å². The van der Waals surface area contributed by atoms with E-state index in [2.05, 4.69) is 10.6 Å². The Morgan fingerprint density at radius 1 is 1.38 bits per heavy atom. The topological polar surface area (TPSA) is 80.6 Å². The molecular weight excluding hydrogens is 308 g/mol. The molecule has 0 bridgehead atoms. The summed E-state index contributed by atoms with van der Waals surface area (Å²) in [7, 11) is 0. The Bertz CT molecular complexity index is 725. The average molecular weight is 328 g/mol. The maximum atomic E-state index is 12.0. The van der Waals surface area contributed by atoms with Crippen LogP contribution in [0.1, 0.15) is 24.7 Å². The molecule has 0 spiro atoms. The smallest absolute Gasteiger partial charge is 0.258 e. The van der Waals surface area contributed by atoms with Gasteiger partial charge in [0.25, 0.3) is 5.91 Å². The van der Waals surface area contributed by atoms with Crippen molar-refractivity contribution in [3.8, 4) is 5.75 Å². The van der Waals surface area contributed by atoms with Crippen LogP contribution in [0.5, 0.6) is 5.75 Å². The lowest BCUT2D eigenvalue weighted by Gasteiger charge is -2.18. The largest absolute Gasteiger partial charge is 0.484 e. The predicted octanol–water partition coefficient (Wildman–Crippen LogP) is 2.29. The molecule has 3 rings (SSSR count). The number of ether oxygens (including phenoxy) is 1. The van der Waals surface area contributed by atoms with Crippen molar-refractivity contribution in [2.75, 3.05) is 11.9 Å². The van der Waals surface area contributed by atoms with Crippen LogP contribution in [0.3, 0.4) is 0 Å². The molecule has 0 radical (unpaired) electrons. The van der Waals surface area contributed by atoms with Crippen LogP contribution in [0.15, 0.2) is 41.0 Å². The van der Waals surface area contributed by atoms with Crippen molar-refractivity contribution < 1.29 is 18.7 Å². The standard InChI is InChI=1S/C18H20N2O4/c1-12(9-14-3-2-8-23-14)19-18(22)11-24-15-5-6-16-13(10-15)4-7-17(21)20-16/h2-3,5-6,8,10,12H,4,7,9,11H2,1H3,(H,19,22)(H,20,21)/t12-/m0/s1. The molecular formula is C18H20N2O4. The molecule has 24 heavy (non-hydrogen) atoms. The van der Waals surface area contributed by atoms with Crippen molar-refractivity contribution in [3.63, 3.8) is 0 Å². The highest BCUT2D eigenvalue weighted by Crippen LogP contribution is 2.26. The molecule has 1 aromatic heterocycles. The summed E-state index contributed by atoms with van der Waals surface area (Å²) in [6.45, 7) is 1.87. The molecule has 6 nitrogen and oxygen atoms in total. The van der Waals surface area contributed by atoms with Gasteiger partial charge in [0, 0.05) is 24.6 Å². The molecule has 126 valence electrons. The third kappa shape index (κ3) is 4.16. The Morgan fingerprint density at radius 3 is 3.04 bits per heavy atom. The fraction of sp³-hybridized carbons (Fsp3) is 0.333. The highest BCUT2D eigenvalue weighted by molar-refractivity contribution is 5.94. The quantitative estimate of drug-likeness (QED) is 0.852. The van der Waals surface area contributed by atoms with E-state index in [0.717, 1.165) is 17.0 Å². The zero-order chi connectivity index (χ0) is 16.9. The van der Waals surface area contributed by atoms with E-state index in [1.165, 1.54) is 0 Å². The molecule has 2 N–H and O–H groups in total. The summed E-state index contributed by atoms with van der Waals surface area (Å²) in [5.74, 6) is 1.31. The number of benzene rings is 1. The van der Waals surface area contributed by atoms with Crippen LogP contribution in [0, 0.1) is 0 Å². The fourth-order valence-corrected chi connectivity index (χ4v) is 2.70. The monoisotopic (exact) mass is 328 g/mol. The lowest BCUT2D eigenvalue weighted by Crippen LogP contribution is -2.37. The minimum Gasteiger partial charge on any atom is -0.484 e. The highest BCUT2D eigenvalue weighted by atomic mass is 16.5. The number of hydrogen-bond acceptors (Lipinski definition) is 4. The SMILES string of the molecule is C[C@@H](Cc1ccco1)NC(=O)COc1ccc2c(c1)CCC(=O)N2. The summed E-state index contributed by atoms with van der Waals surface area (Å²) in [5, 5.41) is 5.69. The van der Waals surface area contributed by atoms with Gasteiger partial charge in [-0.1, -0.05) is 0 Å². The molecule has 0 saturated heterocycles. The van der Waals surface area contributed by atoms with Crippen molar-refractivity contribution in [1.29, 1.82) is 0 Å². The van der Waals surface area contributed by atoms with Crippen LogP contribution < -0.4 is 15.4 Å². The molecule has 0 unspecified atom stereocenters. The molecule has 2 aromatic rings. The summed E-state index contributed by atoms with van der Waals surface area (Å²) in [6, 6.07) is 9.10. The molecule has 1 aliphatic heterocycles. The minimum atomic E-state index is -0.180. The zero-order valence-corrected chi connectivity index (χ0v) is 13.5. The van der Waals surface area contributed by atoms with Gasteiger partial charge in [0.05, 0.1) is 6.26 Å². The lowest BCUT2D eigenvalue weighted by molar-refractivity contribution is -0.123. The second kappa shape index (κ2) is 7.21. The summed E-state index contributed by atoms with van der Waals surface area (Å²) < 4.78 is 10.8. The summed E-state index contributed by atoms with van der Waals surface area (Å²) in [5.41, 5.74) is 1.84. The van der Waals surface area contributed by atoms with Crippen molar-refractivity contribution in [1.82, 2.24) is 5.32 Å². The Labute approximate surface area is 140 Å². The van der Waals surface area contributed by atoms with Gasteiger partial charge < -0.3 is 19.8 Å². The Kier molecular flexibility index (Phi) is 4.84. The van der Waals surface area contributed by atoms with E-state index in [-0.39, 0.29) is 24.5 Å². The first-order valence-electron chi connectivity index (χ1n) is 7.97. The van der Waals surface area contributed by atoms with Gasteiger partial charge in [-0.3, -0.25) is 9.59 Å². The van der Waals surface area contributed by atoms with Gasteiger partial charge in [-0.15, -0.1) is 0 Å². The average Bonchev–Trinajstić information content (AvgIpc) is 3.05. The van der Waals surface area contributed by atoms with Crippen LogP contribution in [0.2, 0.25) is 0 Å². The Hall–Kier alpha value is -2.76. The first-order chi connectivity index (χ1) is 11.6. The maximum Gasteiger partial charge on any atom is 0.258 e. The van der Waals surface area contributed by atoms with E-state index in [4.69, 9.17) is 9.15 Å². The molecule has 1 aromatic carbocycles. The van der Waals surface area contributed by atoms with Crippen LogP contribution in [0.4, 0.5) is 5.69 Å². The van der Waals surface area contributed by atoms with Crippen molar-refractivity contribution in [2.45, 2.75) is 32.2 Å². The van der Waals surface area contributed by atoms with Gasteiger partial charge in [0.15, 0.2) is 6.61 Å². The third-order valence-corrected chi connectivity index (χ3v) is 3.84. The lowest BCUT2D eigenvalue weighted by atomic mass is 10.0. The van der Waals surface area contributed by atoms with E-state index in [1.54, 1.807) is 18.4 Å².